The number of carbonyl (C=O) groups excluding carboxylic acids is 2. The van der Waals surface area contributed by atoms with Crippen LogP contribution >= 0.6 is 11.3 Å². The second kappa shape index (κ2) is 7.84. The molecule has 0 atom stereocenters. The third-order valence-electron chi connectivity index (χ3n) is 2.20. The van der Waals surface area contributed by atoms with Crippen molar-refractivity contribution in [3.05, 3.63) is 16.3 Å². The molecule has 0 radical (unpaired) electrons. The number of carbonyl (C=O) groups is 2. The maximum absolute atomic E-state index is 11.4. The molecule has 100 valence electrons. The molecule has 0 saturated heterocycles. The molecule has 0 spiro atoms. The quantitative estimate of drug-likeness (QED) is 0.699. The highest BCUT2D eigenvalue weighted by atomic mass is 32.1. The first-order valence-electron chi connectivity index (χ1n) is 5.94. The highest BCUT2D eigenvalue weighted by molar-refractivity contribution is 7.10. The van der Waals surface area contributed by atoms with Gasteiger partial charge in [0, 0.05) is 24.9 Å². The van der Waals surface area contributed by atoms with Gasteiger partial charge >= 0.3 is 0 Å². The third kappa shape index (κ3) is 5.29. The summed E-state index contributed by atoms with van der Waals surface area (Å²) in [5.41, 5.74) is 0.814. The van der Waals surface area contributed by atoms with Crippen LogP contribution in [0.5, 0.6) is 0 Å². The zero-order valence-electron chi connectivity index (χ0n) is 10.7. The minimum Gasteiger partial charge on any atom is -0.355 e. The summed E-state index contributed by atoms with van der Waals surface area (Å²) in [6.45, 7) is 5.06. The van der Waals surface area contributed by atoms with Crippen LogP contribution in [0.15, 0.2) is 11.4 Å². The van der Waals surface area contributed by atoms with Crippen molar-refractivity contribution in [3.63, 3.8) is 0 Å². The summed E-state index contributed by atoms with van der Waals surface area (Å²) in [6, 6.07) is 1.86. The van der Waals surface area contributed by atoms with Crippen LogP contribution in [0.25, 0.3) is 0 Å². The van der Waals surface area contributed by atoms with Crippen LogP contribution in [-0.4, -0.2) is 24.9 Å². The van der Waals surface area contributed by atoms with Crippen LogP contribution in [0.1, 0.15) is 25.1 Å². The highest BCUT2D eigenvalue weighted by Gasteiger charge is 2.06. The van der Waals surface area contributed by atoms with Crippen molar-refractivity contribution in [2.24, 2.45) is 0 Å². The van der Waals surface area contributed by atoms with Crippen molar-refractivity contribution < 1.29 is 9.59 Å². The number of amides is 2. The van der Waals surface area contributed by atoms with Crippen LogP contribution in [0.3, 0.4) is 0 Å². The minimum absolute atomic E-state index is 0.00511. The van der Waals surface area contributed by atoms with Gasteiger partial charge in [-0.25, -0.2) is 0 Å². The Morgan fingerprint density at radius 1 is 1.39 bits per heavy atom. The highest BCUT2D eigenvalue weighted by Crippen LogP contribution is 2.21. The fourth-order valence-corrected chi connectivity index (χ4v) is 2.19. The Balaban J connectivity index is 2.33. The number of nitrogens with one attached hydrogen (secondary N) is 3. The maximum Gasteiger partial charge on any atom is 0.233 e. The minimum atomic E-state index is -0.0876. The lowest BCUT2D eigenvalue weighted by Crippen LogP contribution is -2.33. The lowest BCUT2D eigenvalue weighted by atomic mass is 10.3. The topological polar surface area (TPSA) is 70.2 Å². The summed E-state index contributed by atoms with van der Waals surface area (Å²) in [4.78, 5) is 23.3. The zero-order valence-corrected chi connectivity index (χ0v) is 11.5. The first kappa shape index (κ1) is 14.7. The zero-order chi connectivity index (χ0) is 13.4. The first-order chi connectivity index (χ1) is 8.63. The molecule has 0 aromatic carbocycles. The Hall–Kier alpha value is -1.40. The van der Waals surface area contributed by atoms with Crippen LogP contribution in [-0.2, 0) is 16.1 Å². The van der Waals surface area contributed by atoms with Gasteiger partial charge in [-0.2, -0.15) is 0 Å². The Kier molecular flexibility index (Phi) is 6.38. The summed E-state index contributed by atoms with van der Waals surface area (Å²) in [6.07, 6.45) is 0.934. The van der Waals surface area contributed by atoms with E-state index in [2.05, 4.69) is 16.0 Å². The van der Waals surface area contributed by atoms with Crippen LogP contribution < -0.4 is 16.0 Å². The van der Waals surface area contributed by atoms with Gasteiger partial charge < -0.3 is 16.0 Å². The molecule has 6 heteroatoms. The molecule has 5 nitrogen and oxygen atoms in total. The number of anilines is 1. The van der Waals surface area contributed by atoms with Gasteiger partial charge in [0.25, 0.3) is 0 Å². The largest absolute Gasteiger partial charge is 0.355 e. The van der Waals surface area contributed by atoms with Crippen molar-refractivity contribution in [2.75, 3.05) is 18.4 Å². The van der Waals surface area contributed by atoms with Crippen molar-refractivity contribution in [1.82, 2.24) is 10.6 Å². The van der Waals surface area contributed by atoms with E-state index in [9.17, 15) is 9.59 Å². The predicted molar refractivity (Wildman–Crippen MR) is 73.6 cm³/mol. The average molecular weight is 269 g/mol. The molecule has 2 amide bonds. The Morgan fingerprint density at radius 2 is 2.17 bits per heavy atom. The lowest BCUT2D eigenvalue weighted by Gasteiger charge is -2.07. The van der Waals surface area contributed by atoms with Gasteiger partial charge in [0.15, 0.2) is 0 Å². The predicted octanol–water partition coefficient (Wildman–Crippen LogP) is 1.32. The van der Waals surface area contributed by atoms with Gasteiger partial charge in [-0.1, -0.05) is 6.92 Å². The second-order valence-corrected chi connectivity index (χ2v) is 4.89. The van der Waals surface area contributed by atoms with Crippen molar-refractivity contribution in [3.8, 4) is 0 Å². The molecule has 0 fully saturated rings. The van der Waals surface area contributed by atoms with Gasteiger partial charge in [0.1, 0.15) is 0 Å². The fraction of sp³-hybridized carbons (Fsp3) is 0.500. The van der Waals surface area contributed by atoms with E-state index >= 15 is 0 Å². The summed E-state index contributed by atoms with van der Waals surface area (Å²) < 4.78 is 0. The molecule has 1 aromatic heterocycles. The Labute approximate surface area is 111 Å². The van der Waals surface area contributed by atoms with Crippen molar-refractivity contribution in [2.45, 2.75) is 26.8 Å². The van der Waals surface area contributed by atoms with Gasteiger partial charge in [0.05, 0.1) is 12.2 Å². The Bertz CT molecular complexity index is 404. The molecular formula is C12H19N3O2S. The molecule has 1 aromatic rings. The summed E-state index contributed by atoms with van der Waals surface area (Å²) in [5.74, 6) is -0.0928. The van der Waals surface area contributed by atoms with E-state index in [-0.39, 0.29) is 18.4 Å². The van der Waals surface area contributed by atoms with E-state index in [1.165, 1.54) is 6.92 Å². The van der Waals surface area contributed by atoms with Gasteiger partial charge in [-0.05, 0) is 17.9 Å². The van der Waals surface area contributed by atoms with Crippen LogP contribution in [0.2, 0.25) is 0 Å². The summed E-state index contributed by atoms with van der Waals surface area (Å²) in [7, 11) is 0. The molecule has 3 N–H and O–H groups in total. The molecular weight excluding hydrogens is 250 g/mol. The molecule has 0 aliphatic heterocycles. The SMILES string of the molecule is CCCNC(=O)CNCc1sccc1NC(C)=O. The summed E-state index contributed by atoms with van der Waals surface area (Å²) in [5, 5.41) is 10.5. The van der Waals surface area contributed by atoms with E-state index in [1.807, 2.05) is 18.4 Å². The van der Waals surface area contributed by atoms with Crippen molar-refractivity contribution in [1.29, 1.82) is 0 Å². The standard InChI is InChI=1S/C12H19N3O2S/c1-3-5-14-12(17)8-13-7-11-10(4-6-18-11)15-9(2)16/h4,6,13H,3,5,7-8H2,1-2H3,(H,14,17)(H,15,16). The van der Waals surface area contributed by atoms with E-state index in [1.54, 1.807) is 11.3 Å². The monoisotopic (exact) mass is 269 g/mol. The number of thiophene rings is 1. The molecule has 0 aliphatic carbocycles. The van der Waals surface area contributed by atoms with Crippen LogP contribution in [0.4, 0.5) is 5.69 Å². The Morgan fingerprint density at radius 3 is 2.83 bits per heavy atom. The lowest BCUT2D eigenvalue weighted by molar-refractivity contribution is -0.120. The van der Waals surface area contributed by atoms with Crippen molar-refractivity contribution >= 4 is 28.8 Å². The average Bonchev–Trinajstić information content (AvgIpc) is 2.73. The molecule has 0 unspecified atom stereocenters. The van der Waals surface area contributed by atoms with E-state index in [4.69, 9.17) is 0 Å². The molecule has 18 heavy (non-hydrogen) atoms. The molecule has 1 heterocycles. The third-order valence-corrected chi connectivity index (χ3v) is 3.12. The molecule has 0 bridgehead atoms. The molecule has 1 rings (SSSR count). The van der Waals surface area contributed by atoms with E-state index in [0.29, 0.717) is 13.1 Å². The van der Waals surface area contributed by atoms with Gasteiger partial charge in [-0.15, -0.1) is 11.3 Å². The van der Waals surface area contributed by atoms with E-state index in [0.717, 1.165) is 17.0 Å². The number of hydrogen-bond acceptors (Lipinski definition) is 4. The van der Waals surface area contributed by atoms with Crippen LogP contribution in [0, 0.1) is 0 Å². The normalized spacial score (nSPS) is 10.1. The number of hydrogen-bond donors (Lipinski definition) is 3. The second-order valence-electron chi connectivity index (χ2n) is 3.89. The van der Waals surface area contributed by atoms with Gasteiger partial charge in [0.2, 0.25) is 11.8 Å². The smallest absolute Gasteiger partial charge is 0.233 e. The maximum atomic E-state index is 11.4. The van der Waals surface area contributed by atoms with E-state index < -0.39 is 0 Å². The fourth-order valence-electron chi connectivity index (χ4n) is 1.40. The molecule has 0 aliphatic rings. The van der Waals surface area contributed by atoms with Gasteiger partial charge in [-0.3, -0.25) is 9.59 Å². The summed E-state index contributed by atoms with van der Waals surface area (Å²) >= 11 is 1.55. The molecule has 0 saturated carbocycles. The first-order valence-corrected chi connectivity index (χ1v) is 6.82. The number of rotatable bonds is 7.